The van der Waals surface area contributed by atoms with Gasteiger partial charge in [-0.25, -0.2) is 0 Å². The molecule has 1 atom stereocenters. The van der Waals surface area contributed by atoms with Gasteiger partial charge in [-0.1, -0.05) is 13.8 Å². The molecular formula is C16H31NOS. The van der Waals surface area contributed by atoms with Crippen LogP contribution >= 0.6 is 11.8 Å². The number of ether oxygens (including phenoxy) is 1. The molecule has 1 saturated heterocycles. The molecule has 1 aliphatic carbocycles. The number of hydrogen-bond acceptors (Lipinski definition) is 3. The first-order chi connectivity index (χ1) is 8.97. The van der Waals surface area contributed by atoms with Crippen molar-refractivity contribution >= 4 is 11.8 Å². The largest absolute Gasteiger partial charge is 0.378 e. The second kappa shape index (κ2) is 6.82. The Hall–Kier alpha value is 0.270. The minimum Gasteiger partial charge on any atom is -0.378 e. The molecule has 19 heavy (non-hydrogen) atoms. The number of nitrogens with zero attached hydrogens (tertiary/aromatic N) is 1. The van der Waals surface area contributed by atoms with Crippen molar-refractivity contribution in [2.24, 2.45) is 11.8 Å². The van der Waals surface area contributed by atoms with Crippen molar-refractivity contribution < 1.29 is 4.74 Å². The lowest BCUT2D eigenvalue weighted by atomic mass is 9.77. The molecule has 2 nitrogen and oxygen atoms in total. The Kier molecular flexibility index (Phi) is 5.62. The fraction of sp³-hybridized carbons (Fsp3) is 1.00. The van der Waals surface area contributed by atoms with E-state index in [4.69, 9.17) is 4.74 Å². The standard InChI is InChI=1S/C16H31NOS/c1-13(2)8-14-9-15(10-14)18-7-5-6-17(4)11-16(3)12-19-16/h13-15H,5-12H2,1-4H3/t14-,15-,16?. The van der Waals surface area contributed by atoms with Crippen molar-refractivity contribution in [1.29, 1.82) is 0 Å². The lowest BCUT2D eigenvalue weighted by Crippen LogP contribution is -2.33. The lowest BCUT2D eigenvalue weighted by Gasteiger charge is -2.36. The van der Waals surface area contributed by atoms with Crippen LogP contribution < -0.4 is 0 Å². The van der Waals surface area contributed by atoms with Gasteiger partial charge in [0.1, 0.15) is 0 Å². The highest BCUT2D eigenvalue weighted by atomic mass is 32.2. The van der Waals surface area contributed by atoms with Crippen molar-refractivity contribution in [1.82, 2.24) is 4.90 Å². The summed E-state index contributed by atoms with van der Waals surface area (Å²) in [6.07, 6.45) is 5.76. The average molecular weight is 285 g/mol. The molecule has 0 aromatic carbocycles. The second-order valence-corrected chi connectivity index (χ2v) is 8.85. The van der Waals surface area contributed by atoms with Gasteiger partial charge in [-0.2, -0.15) is 11.8 Å². The number of hydrogen-bond donors (Lipinski definition) is 0. The Morgan fingerprint density at radius 1 is 1.37 bits per heavy atom. The van der Waals surface area contributed by atoms with Crippen LogP contribution in [0.5, 0.6) is 0 Å². The molecule has 0 amide bonds. The van der Waals surface area contributed by atoms with Crippen molar-refractivity contribution in [2.75, 3.05) is 32.5 Å². The third-order valence-corrected chi connectivity index (χ3v) is 5.68. The summed E-state index contributed by atoms with van der Waals surface area (Å²) in [7, 11) is 2.24. The summed E-state index contributed by atoms with van der Waals surface area (Å²) in [5, 5.41) is 0. The molecule has 0 aromatic heterocycles. The smallest absolute Gasteiger partial charge is 0.0580 e. The van der Waals surface area contributed by atoms with E-state index >= 15 is 0 Å². The van der Waals surface area contributed by atoms with Crippen LogP contribution in [0.1, 0.15) is 46.5 Å². The number of thioether (sulfide) groups is 1. The molecule has 0 spiro atoms. The SMILES string of the molecule is CC(C)C[C@H]1C[C@H](OCCCN(C)CC2(C)CS2)C1. The summed E-state index contributed by atoms with van der Waals surface area (Å²) in [6.45, 7) is 10.4. The van der Waals surface area contributed by atoms with E-state index < -0.39 is 0 Å². The third kappa shape index (κ3) is 5.65. The van der Waals surface area contributed by atoms with E-state index in [0.717, 1.165) is 18.4 Å². The Labute approximate surface area is 123 Å². The van der Waals surface area contributed by atoms with Crippen molar-refractivity contribution in [3.8, 4) is 0 Å². The zero-order valence-corrected chi connectivity index (χ0v) is 14.0. The quantitative estimate of drug-likeness (QED) is 0.474. The fourth-order valence-corrected chi connectivity index (χ4v) is 3.77. The zero-order chi connectivity index (χ0) is 13.9. The Morgan fingerprint density at radius 3 is 2.63 bits per heavy atom. The normalized spacial score (nSPS) is 33.8. The molecule has 3 heteroatoms. The Morgan fingerprint density at radius 2 is 2.05 bits per heavy atom. The van der Waals surface area contributed by atoms with E-state index in [0.29, 0.717) is 10.9 Å². The molecule has 0 radical (unpaired) electrons. The molecule has 1 saturated carbocycles. The van der Waals surface area contributed by atoms with E-state index in [1.54, 1.807) is 0 Å². The molecule has 0 aromatic rings. The van der Waals surface area contributed by atoms with Crippen molar-refractivity contribution in [3.05, 3.63) is 0 Å². The van der Waals surface area contributed by atoms with Gasteiger partial charge in [0.2, 0.25) is 0 Å². The van der Waals surface area contributed by atoms with Gasteiger partial charge in [0, 0.05) is 30.2 Å². The molecule has 2 aliphatic rings. The van der Waals surface area contributed by atoms with E-state index in [-0.39, 0.29) is 0 Å². The minimum atomic E-state index is 0.563. The molecular weight excluding hydrogens is 254 g/mol. The summed E-state index contributed by atoms with van der Waals surface area (Å²) >= 11 is 2.09. The van der Waals surface area contributed by atoms with Crippen LogP contribution in [-0.4, -0.2) is 48.2 Å². The Balaban J connectivity index is 1.43. The molecule has 1 aliphatic heterocycles. The van der Waals surface area contributed by atoms with Gasteiger partial charge in [-0.05, 0) is 51.5 Å². The van der Waals surface area contributed by atoms with Crippen LogP contribution in [0.15, 0.2) is 0 Å². The van der Waals surface area contributed by atoms with Gasteiger partial charge in [-0.15, -0.1) is 0 Å². The third-order valence-electron chi connectivity index (χ3n) is 4.28. The highest BCUT2D eigenvalue weighted by Gasteiger charge is 2.39. The van der Waals surface area contributed by atoms with Crippen LogP contribution in [0.4, 0.5) is 0 Å². The van der Waals surface area contributed by atoms with Crippen LogP contribution in [-0.2, 0) is 4.74 Å². The maximum atomic E-state index is 5.95. The van der Waals surface area contributed by atoms with Gasteiger partial charge >= 0.3 is 0 Å². The molecule has 112 valence electrons. The van der Waals surface area contributed by atoms with E-state index in [1.807, 2.05) is 0 Å². The van der Waals surface area contributed by atoms with Crippen molar-refractivity contribution in [3.63, 3.8) is 0 Å². The predicted octanol–water partition coefficient (Wildman–Crippen LogP) is 3.66. The van der Waals surface area contributed by atoms with Gasteiger partial charge < -0.3 is 9.64 Å². The molecule has 1 heterocycles. The summed E-state index contributed by atoms with van der Waals surface area (Å²) in [4.78, 5) is 2.46. The first kappa shape index (κ1) is 15.7. The first-order valence-electron chi connectivity index (χ1n) is 7.91. The van der Waals surface area contributed by atoms with Gasteiger partial charge in [-0.3, -0.25) is 0 Å². The molecule has 0 bridgehead atoms. The van der Waals surface area contributed by atoms with Gasteiger partial charge in [0.25, 0.3) is 0 Å². The summed E-state index contributed by atoms with van der Waals surface area (Å²) in [6, 6.07) is 0. The molecule has 2 rings (SSSR count). The number of rotatable bonds is 9. The van der Waals surface area contributed by atoms with E-state index in [1.165, 1.54) is 44.5 Å². The second-order valence-electron chi connectivity index (χ2n) is 7.29. The molecule has 0 N–H and O–H groups in total. The first-order valence-corrected chi connectivity index (χ1v) is 8.89. The van der Waals surface area contributed by atoms with Crippen molar-refractivity contribution in [2.45, 2.75) is 57.3 Å². The van der Waals surface area contributed by atoms with Crippen LogP contribution in [0.3, 0.4) is 0 Å². The van der Waals surface area contributed by atoms with Gasteiger partial charge in [0.05, 0.1) is 6.10 Å². The van der Waals surface area contributed by atoms with Crippen LogP contribution in [0.25, 0.3) is 0 Å². The minimum absolute atomic E-state index is 0.563. The topological polar surface area (TPSA) is 12.5 Å². The van der Waals surface area contributed by atoms with Crippen LogP contribution in [0.2, 0.25) is 0 Å². The predicted molar refractivity (Wildman–Crippen MR) is 84.9 cm³/mol. The lowest BCUT2D eigenvalue weighted by molar-refractivity contribution is -0.0375. The highest BCUT2D eigenvalue weighted by Crippen LogP contribution is 2.44. The maximum Gasteiger partial charge on any atom is 0.0580 e. The maximum absolute atomic E-state index is 5.95. The van der Waals surface area contributed by atoms with Crippen LogP contribution in [0, 0.1) is 11.8 Å². The Bertz CT molecular complexity index is 272. The molecule has 2 fully saturated rings. The highest BCUT2D eigenvalue weighted by molar-refractivity contribution is 8.07. The monoisotopic (exact) mass is 285 g/mol. The zero-order valence-electron chi connectivity index (χ0n) is 13.2. The summed E-state index contributed by atoms with van der Waals surface area (Å²) in [5.41, 5.74) is 0. The van der Waals surface area contributed by atoms with E-state index in [2.05, 4.69) is 44.5 Å². The summed E-state index contributed by atoms with van der Waals surface area (Å²) < 4.78 is 6.52. The fourth-order valence-electron chi connectivity index (χ4n) is 3.12. The summed E-state index contributed by atoms with van der Waals surface area (Å²) in [5.74, 6) is 3.13. The van der Waals surface area contributed by atoms with E-state index in [9.17, 15) is 0 Å². The average Bonchev–Trinajstić information content (AvgIpc) is 2.97. The van der Waals surface area contributed by atoms with Gasteiger partial charge in [0.15, 0.2) is 0 Å². The molecule has 1 unspecified atom stereocenters.